The zero-order valence-electron chi connectivity index (χ0n) is 11.5. The Hall–Kier alpha value is -2.30. The molecule has 1 aliphatic rings. The molecule has 1 aliphatic heterocycles. The number of hydrogen-bond donors (Lipinski definition) is 1. The Labute approximate surface area is 118 Å². The number of aromatic nitrogens is 2. The maximum atomic E-state index is 12.6. The molecule has 0 spiro atoms. The fraction of sp³-hybridized carbons (Fsp3) is 0.333. The number of nitrogen functional groups attached to an aromatic ring is 1. The fourth-order valence-corrected chi connectivity index (χ4v) is 2.65. The lowest BCUT2D eigenvalue weighted by Crippen LogP contribution is -2.36. The number of nitrogens with zero attached hydrogens (tertiary/aromatic N) is 3. The molecule has 1 amide bonds. The lowest BCUT2D eigenvalue weighted by Gasteiger charge is -2.28. The van der Waals surface area contributed by atoms with Gasteiger partial charge in [-0.1, -0.05) is 24.3 Å². The molecule has 2 N–H and O–H groups in total. The SMILES string of the molecule is CCn1ncc(C(=O)N2CCc3ccccc3C2)c1N. The van der Waals surface area contributed by atoms with Crippen LogP contribution in [-0.4, -0.2) is 27.1 Å². The average molecular weight is 270 g/mol. The number of anilines is 1. The third kappa shape index (κ3) is 2.05. The first kappa shape index (κ1) is 12.7. The zero-order valence-corrected chi connectivity index (χ0v) is 11.5. The van der Waals surface area contributed by atoms with E-state index in [1.165, 1.54) is 11.1 Å². The van der Waals surface area contributed by atoms with Gasteiger partial charge in [0.05, 0.1) is 6.20 Å². The first-order valence-electron chi connectivity index (χ1n) is 6.88. The topological polar surface area (TPSA) is 64.2 Å². The number of carbonyl (C=O) groups excluding carboxylic acids is 1. The van der Waals surface area contributed by atoms with Crippen molar-refractivity contribution in [2.75, 3.05) is 12.3 Å². The molecule has 2 heterocycles. The average Bonchev–Trinajstić information content (AvgIpc) is 2.87. The van der Waals surface area contributed by atoms with Crippen LogP contribution in [0, 0.1) is 0 Å². The molecule has 20 heavy (non-hydrogen) atoms. The van der Waals surface area contributed by atoms with Crippen molar-refractivity contribution >= 4 is 11.7 Å². The number of amides is 1. The standard InChI is InChI=1S/C15H18N4O/c1-2-19-14(16)13(9-17-19)15(20)18-8-7-11-5-3-4-6-12(11)10-18/h3-6,9H,2,7-8,10,16H2,1H3. The minimum Gasteiger partial charge on any atom is -0.383 e. The summed E-state index contributed by atoms with van der Waals surface area (Å²) < 4.78 is 1.64. The molecule has 5 heteroatoms. The number of benzene rings is 1. The van der Waals surface area contributed by atoms with Gasteiger partial charge in [-0.15, -0.1) is 0 Å². The Morgan fingerprint density at radius 2 is 2.10 bits per heavy atom. The van der Waals surface area contributed by atoms with Gasteiger partial charge in [-0.25, -0.2) is 4.68 Å². The quantitative estimate of drug-likeness (QED) is 0.903. The summed E-state index contributed by atoms with van der Waals surface area (Å²) in [4.78, 5) is 14.4. The predicted molar refractivity (Wildman–Crippen MR) is 77.2 cm³/mol. The van der Waals surface area contributed by atoms with Crippen LogP contribution in [0.2, 0.25) is 0 Å². The Morgan fingerprint density at radius 1 is 1.35 bits per heavy atom. The number of rotatable bonds is 2. The Bertz CT molecular complexity index is 647. The highest BCUT2D eigenvalue weighted by atomic mass is 16.2. The van der Waals surface area contributed by atoms with Crippen molar-refractivity contribution in [3.05, 3.63) is 47.2 Å². The van der Waals surface area contributed by atoms with E-state index in [1.807, 2.05) is 24.0 Å². The number of nitrogens with two attached hydrogens (primary N) is 1. The van der Waals surface area contributed by atoms with E-state index in [9.17, 15) is 4.79 Å². The van der Waals surface area contributed by atoms with Gasteiger partial charge < -0.3 is 10.6 Å². The molecule has 2 aromatic rings. The highest BCUT2D eigenvalue weighted by molar-refractivity contribution is 5.98. The van der Waals surface area contributed by atoms with Gasteiger partial charge in [0.1, 0.15) is 11.4 Å². The van der Waals surface area contributed by atoms with Gasteiger partial charge in [-0.3, -0.25) is 4.79 Å². The third-order valence-corrected chi connectivity index (χ3v) is 3.83. The summed E-state index contributed by atoms with van der Waals surface area (Å²) in [6, 6.07) is 8.25. The molecule has 0 saturated carbocycles. The van der Waals surface area contributed by atoms with E-state index >= 15 is 0 Å². The highest BCUT2D eigenvalue weighted by Crippen LogP contribution is 2.22. The van der Waals surface area contributed by atoms with Gasteiger partial charge in [0.15, 0.2) is 0 Å². The molecular weight excluding hydrogens is 252 g/mol. The molecule has 0 saturated heterocycles. The molecule has 0 aliphatic carbocycles. The molecule has 0 radical (unpaired) electrons. The summed E-state index contributed by atoms with van der Waals surface area (Å²) in [5.41, 5.74) is 9.02. The van der Waals surface area contributed by atoms with E-state index in [0.717, 1.165) is 13.0 Å². The van der Waals surface area contributed by atoms with E-state index in [2.05, 4.69) is 17.2 Å². The lowest BCUT2D eigenvalue weighted by molar-refractivity contribution is 0.0735. The lowest BCUT2D eigenvalue weighted by atomic mass is 9.99. The van der Waals surface area contributed by atoms with Crippen LogP contribution in [-0.2, 0) is 19.5 Å². The van der Waals surface area contributed by atoms with E-state index in [-0.39, 0.29) is 5.91 Å². The number of hydrogen-bond acceptors (Lipinski definition) is 3. The summed E-state index contributed by atoms with van der Waals surface area (Å²) in [5.74, 6) is 0.424. The molecular formula is C15H18N4O. The van der Waals surface area contributed by atoms with Crippen LogP contribution in [0.1, 0.15) is 28.4 Å². The minimum atomic E-state index is -0.0308. The summed E-state index contributed by atoms with van der Waals surface area (Å²) in [5, 5.41) is 4.14. The van der Waals surface area contributed by atoms with Gasteiger partial charge in [0.25, 0.3) is 5.91 Å². The van der Waals surface area contributed by atoms with Crippen molar-refractivity contribution in [2.24, 2.45) is 0 Å². The van der Waals surface area contributed by atoms with E-state index < -0.39 is 0 Å². The third-order valence-electron chi connectivity index (χ3n) is 3.83. The number of carbonyl (C=O) groups is 1. The van der Waals surface area contributed by atoms with E-state index in [0.29, 0.717) is 24.5 Å². The van der Waals surface area contributed by atoms with Crippen molar-refractivity contribution in [3.63, 3.8) is 0 Å². The monoisotopic (exact) mass is 270 g/mol. The molecule has 104 valence electrons. The van der Waals surface area contributed by atoms with Crippen LogP contribution in [0.25, 0.3) is 0 Å². The predicted octanol–water partition coefficient (Wildman–Crippen LogP) is 1.68. The van der Waals surface area contributed by atoms with Crippen LogP contribution in [0.4, 0.5) is 5.82 Å². The van der Waals surface area contributed by atoms with Crippen molar-refractivity contribution in [1.82, 2.24) is 14.7 Å². The van der Waals surface area contributed by atoms with Crippen LogP contribution < -0.4 is 5.73 Å². The van der Waals surface area contributed by atoms with Crippen LogP contribution in [0.3, 0.4) is 0 Å². The van der Waals surface area contributed by atoms with Crippen LogP contribution in [0.15, 0.2) is 30.5 Å². The summed E-state index contributed by atoms with van der Waals surface area (Å²) in [6.07, 6.45) is 2.46. The Morgan fingerprint density at radius 3 is 2.80 bits per heavy atom. The molecule has 1 aromatic heterocycles. The second-order valence-corrected chi connectivity index (χ2v) is 5.00. The van der Waals surface area contributed by atoms with E-state index in [1.54, 1.807) is 10.9 Å². The zero-order chi connectivity index (χ0) is 14.1. The number of aryl methyl sites for hydroxylation is 1. The van der Waals surface area contributed by atoms with Gasteiger partial charge in [0, 0.05) is 19.6 Å². The van der Waals surface area contributed by atoms with Crippen molar-refractivity contribution in [1.29, 1.82) is 0 Å². The van der Waals surface area contributed by atoms with E-state index in [4.69, 9.17) is 5.73 Å². The molecule has 0 atom stereocenters. The van der Waals surface area contributed by atoms with Crippen molar-refractivity contribution in [2.45, 2.75) is 26.4 Å². The van der Waals surface area contributed by atoms with Crippen LogP contribution >= 0.6 is 0 Å². The summed E-state index contributed by atoms with van der Waals surface area (Å²) >= 11 is 0. The normalized spacial score (nSPS) is 14.2. The largest absolute Gasteiger partial charge is 0.383 e. The Balaban J connectivity index is 1.84. The van der Waals surface area contributed by atoms with Crippen LogP contribution in [0.5, 0.6) is 0 Å². The molecule has 3 rings (SSSR count). The molecule has 0 bridgehead atoms. The van der Waals surface area contributed by atoms with Crippen molar-refractivity contribution < 1.29 is 4.79 Å². The summed E-state index contributed by atoms with van der Waals surface area (Å²) in [6.45, 7) is 4.00. The second-order valence-electron chi connectivity index (χ2n) is 5.00. The Kier molecular flexibility index (Phi) is 3.18. The smallest absolute Gasteiger partial charge is 0.259 e. The molecule has 1 aromatic carbocycles. The highest BCUT2D eigenvalue weighted by Gasteiger charge is 2.24. The van der Waals surface area contributed by atoms with Crippen molar-refractivity contribution in [3.8, 4) is 0 Å². The molecule has 0 unspecified atom stereocenters. The number of fused-ring (bicyclic) bond motifs is 1. The second kappa shape index (κ2) is 5.00. The first-order valence-corrected chi connectivity index (χ1v) is 6.88. The van der Waals surface area contributed by atoms with Gasteiger partial charge in [0.2, 0.25) is 0 Å². The fourth-order valence-electron chi connectivity index (χ4n) is 2.65. The van der Waals surface area contributed by atoms with Gasteiger partial charge in [-0.05, 0) is 24.5 Å². The maximum Gasteiger partial charge on any atom is 0.259 e. The maximum absolute atomic E-state index is 12.6. The molecule has 0 fully saturated rings. The minimum absolute atomic E-state index is 0.0308. The van der Waals surface area contributed by atoms with Gasteiger partial charge in [-0.2, -0.15) is 5.10 Å². The first-order chi connectivity index (χ1) is 9.70. The summed E-state index contributed by atoms with van der Waals surface area (Å²) in [7, 11) is 0. The molecule has 5 nitrogen and oxygen atoms in total. The van der Waals surface area contributed by atoms with Gasteiger partial charge >= 0.3 is 0 Å².